The van der Waals surface area contributed by atoms with Gasteiger partial charge in [-0.2, -0.15) is 0 Å². The SMILES string of the molecule is O=C(c1ccccc1)c1c(-c2ccccc2)c[nH]c1C1(O)CCCCC1. The Morgan fingerprint density at radius 3 is 2.15 bits per heavy atom. The molecule has 0 radical (unpaired) electrons. The predicted octanol–water partition coefficient (Wildman–Crippen LogP) is 5.06. The number of H-pyrrole nitrogens is 1. The second-order valence-electron chi connectivity index (χ2n) is 7.11. The number of ketones is 1. The maximum atomic E-state index is 13.4. The van der Waals surface area contributed by atoms with E-state index in [4.69, 9.17) is 0 Å². The lowest BCUT2D eigenvalue weighted by atomic mass is 9.79. The number of aliphatic hydroxyl groups is 1. The third-order valence-electron chi connectivity index (χ3n) is 5.37. The zero-order chi connectivity index (χ0) is 18.0. The molecule has 0 unspecified atom stereocenters. The Morgan fingerprint density at radius 1 is 0.885 bits per heavy atom. The van der Waals surface area contributed by atoms with Crippen molar-refractivity contribution in [3.63, 3.8) is 0 Å². The van der Waals surface area contributed by atoms with Gasteiger partial charge in [0.1, 0.15) is 5.60 Å². The fourth-order valence-electron chi connectivity index (χ4n) is 3.99. The summed E-state index contributed by atoms with van der Waals surface area (Å²) in [6.45, 7) is 0. The summed E-state index contributed by atoms with van der Waals surface area (Å²) < 4.78 is 0. The van der Waals surface area contributed by atoms with Crippen molar-refractivity contribution < 1.29 is 9.90 Å². The Kier molecular flexibility index (Phi) is 4.48. The van der Waals surface area contributed by atoms with Crippen molar-refractivity contribution in [2.45, 2.75) is 37.7 Å². The maximum absolute atomic E-state index is 13.4. The van der Waals surface area contributed by atoms with E-state index < -0.39 is 5.60 Å². The summed E-state index contributed by atoms with van der Waals surface area (Å²) in [5.41, 5.74) is 2.80. The van der Waals surface area contributed by atoms with Crippen LogP contribution in [0.1, 0.15) is 53.7 Å². The van der Waals surface area contributed by atoms with Gasteiger partial charge in [-0.05, 0) is 18.4 Å². The van der Waals surface area contributed by atoms with Crippen LogP contribution in [0, 0.1) is 0 Å². The third kappa shape index (κ3) is 2.99. The van der Waals surface area contributed by atoms with E-state index >= 15 is 0 Å². The lowest BCUT2D eigenvalue weighted by Crippen LogP contribution is -2.31. The average Bonchev–Trinajstić information content (AvgIpc) is 3.15. The minimum atomic E-state index is -0.953. The lowest BCUT2D eigenvalue weighted by Gasteiger charge is -2.32. The van der Waals surface area contributed by atoms with Gasteiger partial charge < -0.3 is 10.1 Å². The molecule has 132 valence electrons. The van der Waals surface area contributed by atoms with Crippen molar-refractivity contribution in [1.82, 2.24) is 4.98 Å². The van der Waals surface area contributed by atoms with Crippen molar-refractivity contribution in [2.75, 3.05) is 0 Å². The van der Waals surface area contributed by atoms with Gasteiger partial charge in [0.05, 0.1) is 11.3 Å². The van der Waals surface area contributed by atoms with Gasteiger partial charge in [-0.3, -0.25) is 4.79 Å². The van der Waals surface area contributed by atoms with Gasteiger partial charge in [0.2, 0.25) is 0 Å². The largest absolute Gasteiger partial charge is 0.384 e. The Balaban J connectivity index is 1.88. The second-order valence-corrected chi connectivity index (χ2v) is 7.11. The molecule has 2 N–H and O–H groups in total. The molecular weight excluding hydrogens is 322 g/mol. The highest BCUT2D eigenvalue weighted by atomic mass is 16.3. The van der Waals surface area contributed by atoms with Crippen LogP contribution in [0.2, 0.25) is 0 Å². The number of benzene rings is 2. The molecule has 26 heavy (non-hydrogen) atoms. The lowest BCUT2D eigenvalue weighted by molar-refractivity contribution is -0.00477. The monoisotopic (exact) mass is 345 g/mol. The van der Waals surface area contributed by atoms with Crippen molar-refractivity contribution in [1.29, 1.82) is 0 Å². The smallest absolute Gasteiger partial charge is 0.195 e. The molecule has 0 amide bonds. The molecule has 3 aromatic rings. The number of carbonyl (C=O) groups excluding carboxylic acids is 1. The standard InChI is InChI=1S/C23H23NO2/c25-21(18-12-6-2-7-13-18)20-19(17-10-4-1-5-11-17)16-24-22(20)23(26)14-8-3-9-15-23/h1-2,4-7,10-13,16,24,26H,3,8-9,14-15H2. The van der Waals surface area contributed by atoms with Crippen molar-refractivity contribution >= 4 is 5.78 Å². The highest BCUT2D eigenvalue weighted by Crippen LogP contribution is 2.41. The second kappa shape index (κ2) is 6.93. The van der Waals surface area contributed by atoms with Gasteiger partial charge in [0.15, 0.2) is 5.78 Å². The molecule has 1 aromatic heterocycles. The van der Waals surface area contributed by atoms with Gasteiger partial charge in [-0.1, -0.05) is 79.9 Å². The predicted molar refractivity (Wildman–Crippen MR) is 103 cm³/mol. The van der Waals surface area contributed by atoms with Gasteiger partial charge >= 0.3 is 0 Å². The van der Waals surface area contributed by atoms with Crippen LogP contribution in [0.5, 0.6) is 0 Å². The number of carbonyl (C=O) groups is 1. The van der Waals surface area contributed by atoms with Crippen LogP contribution in [0.4, 0.5) is 0 Å². The van der Waals surface area contributed by atoms with Crippen molar-refractivity contribution in [2.24, 2.45) is 0 Å². The first kappa shape index (κ1) is 16.8. The Morgan fingerprint density at radius 2 is 1.50 bits per heavy atom. The Labute approximate surface area is 153 Å². The zero-order valence-corrected chi connectivity index (χ0v) is 14.7. The first-order chi connectivity index (χ1) is 12.7. The molecule has 2 aromatic carbocycles. The molecule has 4 rings (SSSR count). The number of nitrogens with one attached hydrogen (secondary N) is 1. The average molecular weight is 345 g/mol. The minimum absolute atomic E-state index is 0.0419. The minimum Gasteiger partial charge on any atom is -0.384 e. The molecule has 0 spiro atoms. The van der Waals surface area contributed by atoms with Gasteiger partial charge in [0, 0.05) is 17.3 Å². The van der Waals surface area contributed by atoms with Crippen LogP contribution in [0.15, 0.2) is 66.9 Å². The highest BCUT2D eigenvalue weighted by Gasteiger charge is 2.37. The first-order valence-electron chi connectivity index (χ1n) is 9.28. The van der Waals surface area contributed by atoms with E-state index in [9.17, 15) is 9.90 Å². The summed E-state index contributed by atoms with van der Waals surface area (Å²) in [5, 5.41) is 11.3. The summed E-state index contributed by atoms with van der Waals surface area (Å²) in [6.07, 6.45) is 6.35. The van der Waals surface area contributed by atoms with E-state index in [1.165, 1.54) is 0 Å². The van der Waals surface area contributed by atoms with Crippen LogP contribution < -0.4 is 0 Å². The molecule has 0 bridgehead atoms. The number of hydrogen-bond donors (Lipinski definition) is 2. The molecule has 1 fully saturated rings. The van der Waals surface area contributed by atoms with E-state index in [0.29, 0.717) is 29.7 Å². The summed E-state index contributed by atoms with van der Waals surface area (Å²) in [7, 11) is 0. The molecule has 1 saturated carbocycles. The van der Waals surface area contributed by atoms with Crippen molar-refractivity contribution in [3.8, 4) is 11.1 Å². The number of aromatic nitrogens is 1. The van der Waals surface area contributed by atoms with E-state index in [1.54, 1.807) is 0 Å². The van der Waals surface area contributed by atoms with Crippen LogP contribution in [0.3, 0.4) is 0 Å². The summed E-state index contributed by atoms with van der Waals surface area (Å²) in [6, 6.07) is 19.2. The molecule has 0 saturated heterocycles. The van der Waals surface area contributed by atoms with E-state index in [0.717, 1.165) is 30.4 Å². The van der Waals surface area contributed by atoms with Crippen molar-refractivity contribution in [3.05, 3.63) is 83.7 Å². The molecule has 0 aliphatic heterocycles. The summed E-state index contributed by atoms with van der Waals surface area (Å²) in [5.74, 6) is -0.0419. The van der Waals surface area contributed by atoms with Gasteiger partial charge in [-0.15, -0.1) is 0 Å². The van der Waals surface area contributed by atoms with E-state index in [1.807, 2.05) is 66.9 Å². The molecular formula is C23H23NO2. The van der Waals surface area contributed by atoms with Crippen LogP contribution in [-0.2, 0) is 5.60 Å². The zero-order valence-electron chi connectivity index (χ0n) is 14.7. The highest BCUT2D eigenvalue weighted by molar-refractivity contribution is 6.14. The van der Waals surface area contributed by atoms with E-state index in [-0.39, 0.29) is 5.78 Å². The molecule has 3 heteroatoms. The van der Waals surface area contributed by atoms with E-state index in [2.05, 4.69) is 4.98 Å². The molecule has 1 heterocycles. The van der Waals surface area contributed by atoms with Crippen LogP contribution in [-0.4, -0.2) is 15.9 Å². The maximum Gasteiger partial charge on any atom is 0.195 e. The molecule has 1 aliphatic rings. The number of hydrogen-bond acceptors (Lipinski definition) is 2. The molecule has 1 aliphatic carbocycles. The van der Waals surface area contributed by atoms with Gasteiger partial charge in [-0.25, -0.2) is 0 Å². The quantitative estimate of drug-likeness (QED) is 0.649. The Bertz CT molecular complexity index is 890. The normalized spacial score (nSPS) is 16.3. The van der Waals surface area contributed by atoms with Gasteiger partial charge in [0.25, 0.3) is 0 Å². The third-order valence-corrected chi connectivity index (χ3v) is 5.37. The topological polar surface area (TPSA) is 53.1 Å². The summed E-state index contributed by atoms with van der Waals surface area (Å²) in [4.78, 5) is 16.6. The number of aromatic amines is 1. The fourth-order valence-corrected chi connectivity index (χ4v) is 3.99. The van der Waals surface area contributed by atoms with Crippen LogP contribution >= 0.6 is 0 Å². The Hall–Kier alpha value is -2.65. The molecule has 0 atom stereocenters. The first-order valence-corrected chi connectivity index (χ1v) is 9.28. The van der Waals surface area contributed by atoms with Crippen LogP contribution in [0.25, 0.3) is 11.1 Å². The number of rotatable bonds is 4. The summed E-state index contributed by atoms with van der Waals surface area (Å²) >= 11 is 0. The fraction of sp³-hybridized carbons (Fsp3) is 0.261. The molecule has 3 nitrogen and oxygen atoms in total.